The lowest BCUT2D eigenvalue weighted by Gasteiger charge is -2.35. The topological polar surface area (TPSA) is 92.7 Å². The number of rotatable bonds is 8. The van der Waals surface area contributed by atoms with Gasteiger partial charge in [-0.25, -0.2) is 18.4 Å². The molecule has 1 fully saturated rings. The molecular formula is C21H28N4O4S. The lowest BCUT2D eigenvalue weighted by Crippen LogP contribution is -2.50. The van der Waals surface area contributed by atoms with Gasteiger partial charge in [-0.15, -0.1) is 0 Å². The summed E-state index contributed by atoms with van der Waals surface area (Å²) < 4.78 is 30.4. The number of anilines is 1. The molecule has 0 saturated carbocycles. The molecule has 0 atom stereocenters. The van der Waals surface area contributed by atoms with Crippen molar-refractivity contribution in [2.75, 3.05) is 43.4 Å². The number of ether oxygens (including phenoxy) is 1. The molecule has 0 aliphatic carbocycles. The SMILES string of the molecule is CC(C)COc1cc(N2CCN(C(=O)CS(=O)(=O)Cc3ccccc3)CC2)ncn1. The summed E-state index contributed by atoms with van der Waals surface area (Å²) in [6.45, 7) is 6.76. The molecule has 8 nitrogen and oxygen atoms in total. The standard InChI is InChI=1S/C21H28N4O4S/c1-17(2)13-29-20-12-19(22-16-23-20)24-8-10-25(11-9-24)21(26)15-30(27,28)14-18-6-4-3-5-7-18/h3-7,12,16-17H,8-11,13-15H2,1-2H3. The van der Waals surface area contributed by atoms with Crippen LogP contribution in [0.25, 0.3) is 0 Å². The molecule has 0 spiro atoms. The van der Waals surface area contributed by atoms with E-state index in [0.29, 0.717) is 50.1 Å². The number of amides is 1. The van der Waals surface area contributed by atoms with Crippen LogP contribution in [0.5, 0.6) is 5.88 Å². The normalized spacial score (nSPS) is 14.8. The number of sulfone groups is 1. The van der Waals surface area contributed by atoms with E-state index in [4.69, 9.17) is 4.74 Å². The maximum absolute atomic E-state index is 12.5. The summed E-state index contributed by atoms with van der Waals surface area (Å²) in [5.74, 6) is 0.722. The van der Waals surface area contributed by atoms with Crippen molar-refractivity contribution in [2.45, 2.75) is 19.6 Å². The zero-order valence-corrected chi connectivity index (χ0v) is 18.2. The van der Waals surface area contributed by atoms with Crippen LogP contribution in [-0.2, 0) is 20.4 Å². The molecule has 1 aromatic heterocycles. The lowest BCUT2D eigenvalue weighted by molar-refractivity contribution is -0.128. The van der Waals surface area contributed by atoms with Gasteiger partial charge in [-0.1, -0.05) is 44.2 Å². The summed E-state index contributed by atoms with van der Waals surface area (Å²) in [4.78, 5) is 24.6. The largest absolute Gasteiger partial charge is 0.477 e. The van der Waals surface area contributed by atoms with Crippen LogP contribution < -0.4 is 9.64 Å². The van der Waals surface area contributed by atoms with E-state index in [-0.39, 0.29) is 11.7 Å². The third-order valence-electron chi connectivity index (χ3n) is 4.72. The monoisotopic (exact) mass is 432 g/mol. The smallest absolute Gasteiger partial charge is 0.237 e. The fourth-order valence-electron chi connectivity index (χ4n) is 3.18. The Balaban J connectivity index is 1.52. The second kappa shape index (κ2) is 9.88. The van der Waals surface area contributed by atoms with Crippen LogP contribution in [0.3, 0.4) is 0 Å². The predicted octanol–water partition coefficient (Wildman–Crippen LogP) is 1.77. The Morgan fingerprint density at radius 2 is 1.80 bits per heavy atom. The molecule has 0 bridgehead atoms. The molecule has 0 N–H and O–H groups in total. The van der Waals surface area contributed by atoms with Crippen LogP contribution in [0, 0.1) is 5.92 Å². The van der Waals surface area contributed by atoms with Gasteiger partial charge in [0.2, 0.25) is 11.8 Å². The Bertz CT molecular complexity index is 942. The van der Waals surface area contributed by atoms with E-state index in [2.05, 4.69) is 23.8 Å². The summed E-state index contributed by atoms with van der Waals surface area (Å²) in [6.07, 6.45) is 1.47. The van der Waals surface area contributed by atoms with E-state index in [1.165, 1.54) is 6.33 Å². The molecule has 9 heteroatoms. The Kier molecular flexibility index (Phi) is 7.25. The van der Waals surface area contributed by atoms with E-state index < -0.39 is 15.6 Å². The summed E-state index contributed by atoms with van der Waals surface area (Å²) in [7, 11) is -3.51. The summed E-state index contributed by atoms with van der Waals surface area (Å²) >= 11 is 0. The van der Waals surface area contributed by atoms with Crippen molar-refractivity contribution < 1.29 is 17.9 Å². The fourth-order valence-corrected chi connectivity index (χ4v) is 4.54. The van der Waals surface area contributed by atoms with Crippen LogP contribution in [-0.4, -0.2) is 67.7 Å². The van der Waals surface area contributed by atoms with Gasteiger partial charge in [0.25, 0.3) is 0 Å². The molecule has 2 aromatic rings. The number of piperazine rings is 1. The highest BCUT2D eigenvalue weighted by molar-refractivity contribution is 7.91. The summed E-state index contributed by atoms with van der Waals surface area (Å²) in [5, 5.41) is 0. The molecule has 2 heterocycles. The Morgan fingerprint density at radius 3 is 2.47 bits per heavy atom. The number of carbonyl (C=O) groups is 1. The minimum Gasteiger partial charge on any atom is -0.477 e. The van der Waals surface area contributed by atoms with Gasteiger partial charge in [0, 0.05) is 32.2 Å². The first-order valence-corrected chi connectivity index (χ1v) is 11.9. The van der Waals surface area contributed by atoms with Gasteiger partial charge in [-0.3, -0.25) is 4.79 Å². The number of nitrogens with zero attached hydrogens (tertiary/aromatic N) is 4. The zero-order valence-electron chi connectivity index (χ0n) is 17.4. The molecule has 30 heavy (non-hydrogen) atoms. The van der Waals surface area contributed by atoms with Gasteiger partial charge in [0.1, 0.15) is 17.9 Å². The van der Waals surface area contributed by atoms with Crippen molar-refractivity contribution in [3.8, 4) is 5.88 Å². The van der Waals surface area contributed by atoms with Crippen LogP contribution in [0.2, 0.25) is 0 Å². The molecule has 1 aliphatic heterocycles. The lowest BCUT2D eigenvalue weighted by atomic mass is 10.2. The highest BCUT2D eigenvalue weighted by Crippen LogP contribution is 2.18. The molecular weight excluding hydrogens is 404 g/mol. The second-order valence-corrected chi connectivity index (χ2v) is 9.87. The van der Waals surface area contributed by atoms with E-state index in [0.717, 1.165) is 5.82 Å². The maximum Gasteiger partial charge on any atom is 0.237 e. The van der Waals surface area contributed by atoms with Gasteiger partial charge in [-0.05, 0) is 11.5 Å². The molecule has 1 saturated heterocycles. The third-order valence-corrected chi connectivity index (χ3v) is 6.18. The average molecular weight is 433 g/mol. The van der Waals surface area contributed by atoms with E-state index >= 15 is 0 Å². The number of carbonyl (C=O) groups excluding carboxylic acids is 1. The van der Waals surface area contributed by atoms with Crippen LogP contribution in [0.15, 0.2) is 42.7 Å². The Labute approximate surface area is 177 Å². The number of aromatic nitrogens is 2. The maximum atomic E-state index is 12.5. The number of benzene rings is 1. The molecule has 1 aliphatic rings. The highest BCUT2D eigenvalue weighted by atomic mass is 32.2. The average Bonchev–Trinajstić information content (AvgIpc) is 2.72. The summed E-state index contributed by atoms with van der Waals surface area (Å²) in [6, 6.07) is 10.7. The minimum absolute atomic E-state index is 0.125. The van der Waals surface area contributed by atoms with Crippen molar-refractivity contribution in [3.05, 3.63) is 48.3 Å². The molecule has 3 rings (SSSR count). The highest BCUT2D eigenvalue weighted by Gasteiger charge is 2.26. The molecule has 162 valence electrons. The van der Waals surface area contributed by atoms with Crippen molar-refractivity contribution >= 4 is 21.6 Å². The molecule has 1 aromatic carbocycles. The van der Waals surface area contributed by atoms with Crippen molar-refractivity contribution in [3.63, 3.8) is 0 Å². The predicted molar refractivity (Wildman–Crippen MR) is 115 cm³/mol. The van der Waals surface area contributed by atoms with Crippen molar-refractivity contribution in [2.24, 2.45) is 5.92 Å². The summed E-state index contributed by atoms with van der Waals surface area (Å²) in [5.41, 5.74) is 0.689. The second-order valence-electron chi connectivity index (χ2n) is 7.80. The Morgan fingerprint density at radius 1 is 1.10 bits per heavy atom. The zero-order chi connectivity index (χ0) is 21.6. The Hall–Kier alpha value is -2.68. The molecule has 0 unspecified atom stereocenters. The first-order valence-electron chi connectivity index (χ1n) is 10.0. The first-order chi connectivity index (χ1) is 14.3. The van der Waals surface area contributed by atoms with Crippen LogP contribution in [0.4, 0.5) is 5.82 Å². The van der Waals surface area contributed by atoms with Crippen molar-refractivity contribution in [1.29, 1.82) is 0 Å². The van der Waals surface area contributed by atoms with E-state index in [9.17, 15) is 13.2 Å². The van der Waals surface area contributed by atoms with Gasteiger partial charge in [-0.2, -0.15) is 0 Å². The molecule has 1 amide bonds. The van der Waals surface area contributed by atoms with Crippen LogP contribution >= 0.6 is 0 Å². The molecule has 0 radical (unpaired) electrons. The van der Waals surface area contributed by atoms with Gasteiger partial charge in [0.15, 0.2) is 9.84 Å². The fraction of sp³-hybridized carbons (Fsp3) is 0.476. The quantitative estimate of drug-likeness (QED) is 0.628. The van der Waals surface area contributed by atoms with Gasteiger partial charge in [0.05, 0.1) is 12.4 Å². The van der Waals surface area contributed by atoms with E-state index in [1.807, 2.05) is 11.0 Å². The van der Waals surface area contributed by atoms with Gasteiger partial charge < -0.3 is 14.5 Å². The number of hydrogen-bond acceptors (Lipinski definition) is 7. The number of hydrogen-bond donors (Lipinski definition) is 0. The minimum atomic E-state index is -3.51. The van der Waals surface area contributed by atoms with Gasteiger partial charge >= 0.3 is 0 Å². The van der Waals surface area contributed by atoms with Crippen LogP contribution in [0.1, 0.15) is 19.4 Å². The first kappa shape index (κ1) is 22.0. The van der Waals surface area contributed by atoms with E-state index in [1.54, 1.807) is 35.2 Å². The third kappa shape index (κ3) is 6.41. The van der Waals surface area contributed by atoms with Crippen molar-refractivity contribution in [1.82, 2.24) is 14.9 Å².